The van der Waals surface area contributed by atoms with E-state index in [9.17, 15) is 4.79 Å². The van der Waals surface area contributed by atoms with Crippen LogP contribution < -0.4 is 11.1 Å². The van der Waals surface area contributed by atoms with Crippen molar-refractivity contribution in [3.63, 3.8) is 0 Å². The number of primary amides is 1. The van der Waals surface area contributed by atoms with Gasteiger partial charge in [-0.25, -0.2) is 0 Å². The lowest BCUT2D eigenvalue weighted by Crippen LogP contribution is -2.61. The molecule has 1 aliphatic carbocycles. The van der Waals surface area contributed by atoms with Crippen molar-refractivity contribution in [3.05, 3.63) is 0 Å². The zero-order chi connectivity index (χ0) is 14.8. The molecule has 116 valence electrons. The zero-order valence-electron chi connectivity index (χ0n) is 13.4. The van der Waals surface area contributed by atoms with Crippen molar-refractivity contribution in [2.75, 3.05) is 19.6 Å². The predicted octanol–water partition coefficient (Wildman–Crippen LogP) is 1.88. The fourth-order valence-electron chi connectivity index (χ4n) is 4.15. The maximum absolute atomic E-state index is 12.0. The Morgan fingerprint density at radius 2 is 2.10 bits per heavy atom. The maximum Gasteiger partial charge on any atom is 0.237 e. The third kappa shape index (κ3) is 3.34. The van der Waals surface area contributed by atoms with Gasteiger partial charge in [0, 0.05) is 12.6 Å². The molecule has 2 aliphatic rings. The Balaban J connectivity index is 2.07. The number of carbonyl (C=O) groups is 1. The summed E-state index contributed by atoms with van der Waals surface area (Å²) in [6.45, 7) is 9.90. The second-order valence-electron chi connectivity index (χ2n) is 7.47. The van der Waals surface area contributed by atoms with Crippen molar-refractivity contribution >= 4 is 5.91 Å². The van der Waals surface area contributed by atoms with E-state index in [1.165, 1.54) is 25.8 Å². The van der Waals surface area contributed by atoms with Crippen LogP contribution in [0.4, 0.5) is 0 Å². The summed E-state index contributed by atoms with van der Waals surface area (Å²) >= 11 is 0. The fourth-order valence-corrected chi connectivity index (χ4v) is 4.15. The molecular weight excluding hydrogens is 250 g/mol. The Kier molecular flexibility index (Phi) is 4.75. The Labute approximate surface area is 123 Å². The first-order chi connectivity index (χ1) is 9.38. The van der Waals surface area contributed by atoms with Crippen molar-refractivity contribution in [2.24, 2.45) is 11.1 Å². The van der Waals surface area contributed by atoms with E-state index in [1.54, 1.807) is 0 Å². The average Bonchev–Trinajstić information content (AvgIpc) is 2.38. The average molecular weight is 281 g/mol. The molecule has 20 heavy (non-hydrogen) atoms. The van der Waals surface area contributed by atoms with E-state index >= 15 is 0 Å². The first-order valence-electron chi connectivity index (χ1n) is 8.17. The van der Waals surface area contributed by atoms with Crippen molar-refractivity contribution in [1.29, 1.82) is 0 Å². The highest BCUT2D eigenvalue weighted by atomic mass is 16.1. The SMILES string of the molecule is CCNC1(C(N)=O)CCCC(N2CCCC(C)(C)C2)C1. The van der Waals surface area contributed by atoms with Crippen molar-refractivity contribution < 1.29 is 4.79 Å². The lowest BCUT2D eigenvalue weighted by molar-refractivity contribution is -0.127. The second-order valence-corrected chi connectivity index (χ2v) is 7.47. The van der Waals surface area contributed by atoms with Crippen LogP contribution in [0.2, 0.25) is 0 Å². The minimum absolute atomic E-state index is 0.166. The Bertz CT molecular complexity index is 352. The number of hydrogen-bond acceptors (Lipinski definition) is 3. The molecular formula is C16H31N3O. The molecule has 2 atom stereocenters. The molecule has 0 aromatic carbocycles. The molecule has 0 aromatic rings. The topological polar surface area (TPSA) is 58.4 Å². The van der Waals surface area contributed by atoms with Crippen LogP contribution in [0.3, 0.4) is 0 Å². The molecule has 2 unspecified atom stereocenters. The zero-order valence-corrected chi connectivity index (χ0v) is 13.4. The molecule has 0 aromatic heterocycles. The van der Waals surface area contributed by atoms with E-state index in [2.05, 4.69) is 31.0 Å². The van der Waals surface area contributed by atoms with Crippen molar-refractivity contribution in [3.8, 4) is 0 Å². The highest BCUT2D eigenvalue weighted by Crippen LogP contribution is 2.36. The molecule has 1 heterocycles. The van der Waals surface area contributed by atoms with E-state index in [0.29, 0.717) is 11.5 Å². The minimum Gasteiger partial charge on any atom is -0.368 e. The number of rotatable bonds is 4. The molecule has 4 heteroatoms. The molecule has 1 amide bonds. The van der Waals surface area contributed by atoms with Crippen molar-refractivity contribution in [1.82, 2.24) is 10.2 Å². The van der Waals surface area contributed by atoms with E-state index in [1.807, 2.05) is 0 Å². The van der Waals surface area contributed by atoms with Gasteiger partial charge in [-0.2, -0.15) is 0 Å². The third-order valence-electron chi connectivity index (χ3n) is 5.16. The van der Waals surface area contributed by atoms with Gasteiger partial charge in [-0.3, -0.25) is 9.69 Å². The number of likely N-dealkylation sites (tertiary alicyclic amines) is 1. The molecule has 2 rings (SSSR count). The number of likely N-dealkylation sites (N-methyl/N-ethyl adjacent to an activating group) is 1. The van der Waals surface area contributed by atoms with Gasteiger partial charge in [0.25, 0.3) is 0 Å². The van der Waals surface area contributed by atoms with Gasteiger partial charge < -0.3 is 11.1 Å². The van der Waals surface area contributed by atoms with Gasteiger partial charge >= 0.3 is 0 Å². The highest BCUT2D eigenvalue weighted by Gasteiger charge is 2.43. The van der Waals surface area contributed by atoms with E-state index < -0.39 is 5.54 Å². The number of hydrogen-bond donors (Lipinski definition) is 2. The summed E-state index contributed by atoms with van der Waals surface area (Å²) in [5.41, 5.74) is 5.65. The van der Waals surface area contributed by atoms with Crippen LogP contribution in [-0.4, -0.2) is 42.0 Å². The molecule has 0 radical (unpaired) electrons. The molecule has 4 nitrogen and oxygen atoms in total. The molecule has 1 saturated carbocycles. The maximum atomic E-state index is 12.0. The number of amides is 1. The van der Waals surface area contributed by atoms with E-state index in [-0.39, 0.29) is 5.91 Å². The highest BCUT2D eigenvalue weighted by molar-refractivity contribution is 5.84. The molecule has 1 aliphatic heterocycles. The van der Waals surface area contributed by atoms with Gasteiger partial charge in [0.05, 0.1) is 5.54 Å². The summed E-state index contributed by atoms with van der Waals surface area (Å²) in [6.07, 6.45) is 6.66. The largest absolute Gasteiger partial charge is 0.368 e. The first-order valence-corrected chi connectivity index (χ1v) is 8.17. The van der Waals surface area contributed by atoms with Gasteiger partial charge in [-0.05, 0) is 57.0 Å². The summed E-state index contributed by atoms with van der Waals surface area (Å²) in [4.78, 5) is 14.6. The van der Waals surface area contributed by atoms with Gasteiger partial charge in [0.15, 0.2) is 0 Å². The molecule has 2 fully saturated rings. The Hall–Kier alpha value is -0.610. The van der Waals surface area contributed by atoms with Gasteiger partial charge in [0.1, 0.15) is 0 Å². The number of carbonyl (C=O) groups excluding carboxylic acids is 1. The third-order valence-corrected chi connectivity index (χ3v) is 5.16. The van der Waals surface area contributed by atoms with E-state index in [4.69, 9.17) is 5.73 Å². The lowest BCUT2D eigenvalue weighted by Gasteiger charge is -2.47. The normalized spacial score (nSPS) is 34.9. The number of nitrogens with one attached hydrogen (secondary N) is 1. The van der Waals surface area contributed by atoms with Crippen LogP contribution in [0, 0.1) is 5.41 Å². The van der Waals surface area contributed by atoms with Crippen LogP contribution in [0.15, 0.2) is 0 Å². The molecule has 1 saturated heterocycles. The first kappa shape index (κ1) is 15.8. The lowest BCUT2D eigenvalue weighted by atomic mass is 9.76. The van der Waals surface area contributed by atoms with Gasteiger partial charge in [-0.1, -0.05) is 20.8 Å². The monoisotopic (exact) mass is 281 g/mol. The number of nitrogens with two attached hydrogens (primary N) is 1. The summed E-state index contributed by atoms with van der Waals surface area (Å²) in [5, 5.41) is 3.39. The van der Waals surface area contributed by atoms with Crippen molar-refractivity contribution in [2.45, 2.75) is 70.9 Å². The second kappa shape index (κ2) is 6.02. The minimum atomic E-state index is -0.473. The van der Waals surface area contributed by atoms with Crippen LogP contribution in [-0.2, 0) is 4.79 Å². The van der Waals surface area contributed by atoms with Crippen LogP contribution in [0.5, 0.6) is 0 Å². The molecule has 3 N–H and O–H groups in total. The summed E-state index contributed by atoms with van der Waals surface area (Å²) < 4.78 is 0. The Morgan fingerprint density at radius 1 is 1.35 bits per heavy atom. The quantitative estimate of drug-likeness (QED) is 0.827. The standard InChI is InChI=1S/C16H31N3O/c1-4-18-16(14(17)20)9-5-7-13(11-16)19-10-6-8-15(2,3)12-19/h13,18H,4-12H2,1-3H3,(H2,17,20). The smallest absolute Gasteiger partial charge is 0.237 e. The number of piperidine rings is 1. The van der Waals surface area contributed by atoms with Crippen LogP contribution in [0.1, 0.15) is 59.3 Å². The number of nitrogens with zero attached hydrogens (tertiary/aromatic N) is 1. The van der Waals surface area contributed by atoms with E-state index in [0.717, 1.165) is 32.4 Å². The Morgan fingerprint density at radius 3 is 2.70 bits per heavy atom. The van der Waals surface area contributed by atoms with Crippen LogP contribution in [0.25, 0.3) is 0 Å². The molecule has 0 bridgehead atoms. The van der Waals surface area contributed by atoms with Crippen LogP contribution >= 0.6 is 0 Å². The summed E-state index contributed by atoms with van der Waals surface area (Å²) in [6, 6.07) is 0.509. The molecule has 0 spiro atoms. The van der Waals surface area contributed by atoms with Gasteiger partial charge in [0.2, 0.25) is 5.91 Å². The van der Waals surface area contributed by atoms with Gasteiger partial charge in [-0.15, -0.1) is 0 Å². The summed E-state index contributed by atoms with van der Waals surface area (Å²) in [5.74, 6) is -0.166. The summed E-state index contributed by atoms with van der Waals surface area (Å²) in [7, 11) is 0. The fraction of sp³-hybridized carbons (Fsp3) is 0.938. The predicted molar refractivity (Wildman–Crippen MR) is 82.4 cm³/mol.